The molecule has 1 saturated carbocycles. The largest absolute Gasteiger partial charge is 0.370 e. The van der Waals surface area contributed by atoms with Gasteiger partial charge in [-0.3, -0.25) is 0 Å². The number of nitrogens with zero attached hydrogens (tertiary/aromatic N) is 1. The summed E-state index contributed by atoms with van der Waals surface area (Å²) in [6.07, 6.45) is 4.40. The second kappa shape index (κ2) is 5.39. The molecule has 1 aliphatic carbocycles. The van der Waals surface area contributed by atoms with Crippen LogP contribution in [0.1, 0.15) is 57.0 Å². The van der Waals surface area contributed by atoms with Crippen molar-refractivity contribution in [1.82, 2.24) is 9.97 Å². The van der Waals surface area contributed by atoms with Gasteiger partial charge in [0.15, 0.2) is 0 Å². The molecular formula is C13H19BrN2OS. The fraction of sp³-hybridized carbons (Fsp3) is 0.692. The summed E-state index contributed by atoms with van der Waals surface area (Å²) in [6.45, 7) is 4.28. The first-order valence-electron chi connectivity index (χ1n) is 6.35. The third-order valence-corrected chi connectivity index (χ3v) is 5.06. The van der Waals surface area contributed by atoms with E-state index in [4.69, 9.17) is 17.0 Å². The molecule has 0 saturated heterocycles. The summed E-state index contributed by atoms with van der Waals surface area (Å²) in [6, 6.07) is 0. The number of H-pyrrole nitrogens is 1. The van der Waals surface area contributed by atoms with E-state index in [0.29, 0.717) is 10.6 Å². The SMILES string of the molecule is COC1(c2nc(=S)c(Br)c(C(C)C)[nH]2)CCCC1. The minimum Gasteiger partial charge on any atom is -0.370 e. The van der Waals surface area contributed by atoms with E-state index in [0.717, 1.165) is 28.8 Å². The lowest BCUT2D eigenvalue weighted by molar-refractivity contribution is -0.0166. The Morgan fingerprint density at radius 2 is 2.00 bits per heavy atom. The molecule has 18 heavy (non-hydrogen) atoms. The first-order valence-corrected chi connectivity index (χ1v) is 7.55. The topological polar surface area (TPSA) is 37.9 Å². The van der Waals surface area contributed by atoms with E-state index in [1.54, 1.807) is 7.11 Å². The Kier molecular flexibility index (Phi) is 4.24. The molecule has 2 rings (SSSR count). The molecule has 1 N–H and O–H groups in total. The number of nitrogens with one attached hydrogen (secondary N) is 1. The highest BCUT2D eigenvalue weighted by Gasteiger charge is 2.38. The van der Waals surface area contributed by atoms with Crippen LogP contribution in [0.4, 0.5) is 0 Å². The van der Waals surface area contributed by atoms with Crippen molar-refractivity contribution in [3.8, 4) is 0 Å². The Morgan fingerprint density at radius 3 is 2.50 bits per heavy atom. The number of hydrogen-bond acceptors (Lipinski definition) is 3. The van der Waals surface area contributed by atoms with Gasteiger partial charge < -0.3 is 9.72 Å². The number of aromatic amines is 1. The van der Waals surface area contributed by atoms with Crippen molar-refractivity contribution in [1.29, 1.82) is 0 Å². The van der Waals surface area contributed by atoms with Crippen LogP contribution in [0.15, 0.2) is 4.47 Å². The number of hydrogen-bond donors (Lipinski definition) is 1. The van der Waals surface area contributed by atoms with Gasteiger partial charge in [0.05, 0.1) is 4.47 Å². The van der Waals surface area contributed by atoms with E-state index in [-0.39, 0.29) is 5.60 Å². The van der Waals surface area contributed by atoms with Crippen molar-refractivity contribution in [2.45, 2.75) is 51.0 Å². The van der Waals surface area contributed by atoms with Crippen LogP contribution in [0.2, 0.25) is 0 Å². The minimum atomic E-state index is -0.266. The minimum absolute atomic E-state index is 0.266. The van der Waals surface area contributed by atoms with Crippen molar-refractivity contribution < 1.29 is 4.74 Å². The molecule has 100 valence electrons. The van der Waals surface area contributed by atoms with Gasteiger partial charge in [-0.25, -0.2) is 4.98 Å². The van der Waals surface area contributed by atoms with Crippen molar-refractivity contribution in [2.24, 2.45) is 0 Å². The highest BCUT2D eigenvalue weighted by atomic mass is 79.9. The molecule has 1 aromatic heterocycles. The molecule has 0 radical (unpaired) electrons. The number of rotatable bonds is 3. The van der Waals surface area contributed by atoms with Crippen LogP contribution in [0.3, 0.4) is 0 Å². The van der Waals surface area contributed by atoms with E-state index in [2.05, 4.69) is 39.7 Å². The second-order valence-electron chi connectivity index (χ2n) is 5.18. The van der Waals surface area contributed by atoms with Gasteiger partial charge in [-0.05, 0) is 47.5 Å². The second-order valence-corrected chi connectivity index (χ2v) is 6.36. The Balaban J connectivity index is 2.55. The maximum Gasteiger partial charge on any atom is 0.144 e. The molecule has 1 aromatic rings. The van der Waals surface area contributed by atoms with Gasteiger partial charge in [-0.15, -0.1) is 0 Å². The summed E-state index contributed by atoms with van der Waals surface area (Å²) in [5.74, 6) is 1.26. The van der Waals surface area contributed by atoms with E-state index < -0.39 is 0 Å². The molecule has 1 aliphatic rings. The first-order chi connectivity index (χ1) is 8.50. The average molecular weight is 331 g/mol. The third-order valence-electron chi connectivity index (χ3n) is 3.70. The molecule has 0 unspecified atom stereocenters. The Labute approximate surface area is 121 Å². The lowest BCUT2D eigenvalue weighted by Crippen LogP contribution is -2.28. The number of ether oxygens (including phenoxy) is 1. The Morgan fingerprint density at radius 1 is 1.39 bits per heavy atom. The summed E-state index contributed by atoms with van der Waals surface area (Å²) in [4.78, 5) is 7.97. The Hall–Kier alpha value is -0.260. The molecule has 0 atom stereocenters. The molecule has 0 amide bonds. The highest BCUT2D eigenvalue weighted by molar-refractivity contribution is 9.10. The summed E-state index contributed by atoms with van der Waals surface area (Å²) in [5.41, 5.74) is 0.839. The monoisotopic (exact) mass is 330 g/mol. The summed E-state index contributed by atoms with van der Waals surface area (Å²) >= 11 is 8.87. The van der Waals surface area contributed by atoms with E-state index in [9.17, 15) is 0 Å². The van der Waals surface area contributed by atoms with Gasteiger partial charge in [0.1, 0.15) is 16.1 Å². The normalized spacial score (nSPS) is 18.5. The van der Waals surface area contributed by atoms with Gasteiger partial charge in [0, 0.05) is 12.8 Å². The zero-order chi connectivity index (χ0) is 13.3. The zero-order valence-electron chi connectivity index (χ0n) is 11.0. The predicted molar refractivity (Wildman–Crippen MR) is 78.4 cm³/mol. The molecule has 0 bridgehead atoms. The van der Waals surface area contributed by atoms with Crippen LogP contribution < -0.4 is 0 Å². The predicted octanol–water partition coefficient (Wildman–Crippen LogP) is 4.44. The van der Waals surface area contributed by atoms with Crippen molar-refractivity contribution in [3.63, 3.8) is 0 Å². The average Bonchev–Trinajstić information content (AvgIpc) is 2.82. The molecular weight excluding hydrogens is 312 g/mol. The fourth-order valence-electron chi connectivity index (χ4n) is 2.57. The Bertz CT molecular complexity index is 492. The van der Waals surface area contributed by atoms with Crippen LogP contribution in [-0.2, 0) is 10.3 Å². The van der Waals surface area contributed by atoms with Gasteiger partial charge in [-0.1, -0.05) is 26.1 Å². The van der Waals surface area contributed by atoms with Gasteiger partial charge in [0.25, 0.3) is 0 Å². The third kappa shape index (κ3) is 2.40. The van der Waals surface area contributed by atoms with E-state index in [1.165, 1.54) is 12.8 Å². The molecule has 3 nitrogen and oxygen atoms in total. The molecule has 1 heterocycles. The molecule has 0 aromatic carbocycles. The van der Waals surface area contributed by atoms with Crippen molar-refractivity contribution >= 4 is 28.1 Å². The molecule has 1 fully saturated rings. The van der Waals surface area contributed by atoms with Crippen LogP contribution in [-0.4, -0.2) is 17.1 Å². The van der Waals surface area contributed by atoms with E-state index >= 15 is 0 Å². The molecule has 5 heteroatoms. The van der Waals surface area contributed by atoms with Gasteiger partial charge in [-0.2, -0.15) is 0 Å². The maximum atomic E-state index is 5.76. The van der Waals surface area contributed by atoms with Crippen molar-refractivity contribution in [2.75, 3.05) is 7.11 Å². The standard InChI is InChI=1S/C13H19BrN2OS/c1-8(2)10-9(14)11(18)16-12(15-10)13(17-3)6-4-5-7-13/h8H,4-7H2,1-3H3,(H,15,16,18). The lowest BCUT2D eigenvalue weighted by Gasteiger charge is -2.27. The lowest BCUT2D eigenvalue weighted by atomic mass is 10.0. The summed E-state index contributed by atoms with van der Waals surface area (Å²) in [5, 5.41) is 0. The maximum absolute atomic E-state index is 5.76. The van der Waals surface area contributed by atoms with E-state index in [1.807, 2.05) is 0 Å². The quantitative estimate of drug-likeness (QED) is 0.832. The summed E-state index contributed by atoms with van der Waals surface area (Å²) < 4.78 is 7.28. The van der Waals surface area contributed by atoms with Crippen LogP contribution in [0.25, 0.3) is 0 Å². The van der Waals surface area contributed by atoms with Gasteiger partial charge in [0.2, 0.25) is 0 Å². The molecule has 0 spiro atoms. The number of halogens is 1. The zero-order valence-corrected chi connectivity index (χ0v) is 13.4. The smallest absolute Gasteiger partial charge is 0.144 e. The first kappa shape index (κ1) is 14.2. The fourth-order valence-corrected chi connectivity index (χ4v) is 3.42. The molecule has 0 aliphatic heterocycles. The van der Waals surface area contributed by atoms with Crippen LogP contribution in [0, 0.1) is 4.64 Å². The van der Waals surface area contributed by atoms with Crippen LogP contribution in [0.5, 0.6) is 0 Å². The van der Waals surface area contributed by atoms with Gasteiger partial charge >= 0.3 is 0 Å². The number of aromatic nitrogens is 2. The van der Waals surface area contributed by atoms with Crippen molar-refractivity contribution in [3.05, 3.63) is 20.6 Å². The van der Waals surface area contributed by atoms with Crippen LogP contribution >= 0.6 is 28.1 Å². The summed E-state index contributed by atoms with van der Waals surface area (Å²) in [7, 11) is 1.76. The highest BCUT2D eigenvalue weighted by Crippen LogP contribution is 2.40. The number of methoxy groups -OCH3 is 1.